The molecule has 17 heavy (non-hydrogen) atoms. The van der Waals surface area contributed by atoms with E-state index in [-0.39, 0.29) is 0 Å². The second kappa shape index (κ2) is 4.85. The number of nitrogens with two attached hydrogens (primary N) is 1. The molecule has 0 aromatic carbocycles. The second-order valence-corrected chi connectivity index (χ2v) is 5.07. The van der Waals surface area contributed by atoms with E-state index in [1.54, 1.807) is 0 Å². The van der Waals surface area contributed by atoms with Gasteiger partial charge in [0.25, 0.3) is 0 Å². The molecule has 0 radical (unpaired) electrons. The molecule has 1 aromatic heterocycles. The molecule has 1 fully saturated rings. The highest BCUT2D eigenvalue weighted by molar-refractivity contribution is 5.34. The molecule has 0 spiro atoms. The van der Waals surface area contributed by atoms with Gasteiger partial charge in [-0.25, -0.2) is 0 Å². The van der Waals surface area contributed by atoms with Crippen LogP contribution in [0.5, 0.6) is 0 Å². The normalized spacial score (nSPS) is 24.6. The highest BCUT2D eigenvalue weighted by atomic mass is 15.3. The van der Waals surface area contributed by atoms with Gasteiger partial charge in [0.1, 0.15) is 5.82 Å². The Morgan fingerprint density at radius 1 is 1.12 bits per heavy atom. The lowest BCUT2D eigenvalue weighted by Gasteiger charge is -2.33. The molecule has 0 bridgehead atoms. The molecule has 1 aliphatic carbocycles. The highest BCUT2D eigenvalue weighted by Gasteiger charge is 2.23. The summed E-state index contributed by atoms with van der Waals surface area (Å²) in [5.74, 6) is 2.55. The van der Waals surface area contributed by atoms with Gasteiger partial charge in [0.05, 0.1) is 0 Å². The largest absolute Gasteiger partial charge is 0.368 e. The Morgan fingerprint density at radius 3 is 2.35 bits per heavy atom. The number of anilines is 2. The summed E-state index contributed by atoms with van der Waals surface area (Å²) in [5.41, 5.74) is 5.66. The van der Waals surface area contributed by atoms with E-state index in [2.05, 4.69) is 33.8 Å². The Morgan fingerprint density at radius 2 is 1.76 bits per heavy atom. The average molecular weight is 235 g/mol. The SMILES string of the molecule is Cc1nc(N)nc(N(C)C2CCC(C)CC2)n1. The zero-order valence-corrected chi connectivity index (χ0v) is 10.8. The van der Waals surface area contributed by atoms with Crippen molar-refractivity contribution in [2.75, 3.05) is 17.7 Å². The maximum absolute atomic E-state index is 5.66. The van der Waals surface area contributed by atoms with Crippen LogP contribution >= 0.6 is 0 Å². The number of nitrogen functional groups attached to an aromatic ring is 1. The summed E-state index contributed by atoms with van der Waals surface area (Å²) in [5, 5.41) is 0. The van der Waals surface area contributed by atoms with E-state index >= 15 is 0 Å². The molecule has 5 heteroatoms. The number of nitrogens with zero attached hydrogens (tertiary/aromatic N) is 4. The molecule has 1 saturated carbocycles. The van der Waals surface area contributed by atoms with Gasteiger partial charge in [0.15, 0.2) is 0 Å². The van der Waals surface area contributed by atoms with Crippen molar-refractivity contribution in [3.8, 4) is 0 Å². The Bertz CT molecular complexity index is 364. The van der Waals surface area contributed by atoms with Gasteiger partial charge in [-0.2, -0.15) is 15.0 Å². The number of hydrogen-bond donors (Lipinski definition) is 1. The Kier molecular flexibility index (Phi) is 3.45. The lowest BCUT2D eigenvalue weighted by molar-refractivity contribution is 0.339. The van der Waals surface area contributed by atoms with E-state index in [0.717, 1.165) is 5.92 Å². The van der Waals surface area contributed by atoms with Gasteiger partial charge in [0.2, 0.25) is 11.9 Å². The van der Waals surface area contributed by atoms with E-state index in [9.17, 15) is 0 Å². The van der Waals surface area contributed by atoms with E-state index in [1.807, 2.05) is 6.92 Å². The molecule has 0 aliphatic heterocycles. The summed E-state index contributed by atoms with van der Waals surface area (Å²) < 4.78 is 0. The monoisotopic (exact) mass is 235 g/mol. The minimum Gasteiger partial charge on any atom is -0.368 e. The Balaban J connectivity index is 2.10. The second-order valence-electron chi connectivity index (χ2n) is 5.07. The quantitative estimate of drug-likeness (QED) is 0.846. The first-order chi connectivity index (χ1) is 8.06. The first-order valence-corrected chi connectivity index (χ1v) is 6.27. The van der Waals surface area contributed by atoms with Crippen molar-refractivity contribution >= 4 is 11.9 Å². The molecule has 2 rings (SSSR count). The van der Waals surface area contributed by atoms with Crippen molar-refractivity contribution in [2.24, 2.45) is 5.92 Å². The third-order valence-electron chi connectivity index (χ3n) is 3.60. The van der Waals surface area contributed by atoms with Crippen molar-refractivity contribution in [1.82, 2.24) is 15.0 Å². The number of aromatic nitrogens is 3. The standard InChI is InChI=1S/C12H21N5/c1-8-4-6-10(7-5-8)17(3)12-15-9(2)14-11(13)16-12/h8,10H,4-7H2,1-3H3,(H2,13,14,15,16). The van der Waals surface area contributed by atoms with Crippen LogP contribution in [0.25, 0.3) is 0 Å². The molecule has 0 amide bonds. The van der Waals surface area contributed by atoms with Crippen LogP contribution < -0.4 is 10.6 Å². The molecule has 0 unspecified atom stereocenters. The molecular formula is C12H21N5. The number of hydrogen-bond acceptors (Lipinski definition) is 5. The molecule has 0 saturated heterocycles. The maximum atomic E-state index is 5.66. The zero-order valence-electron chi connectivity index (χ0n) is 10.8. The molecule has 2 N–H and O–H groups in total. The highest BCUT2D eigenvalue weighted by Crippen LogP contribution is 2.28. The van der Waals surface area contributed by atoms with E-state index in [1.165, 1.54) is 25.7 Å². The Hall–Kier alpha value is -1.39. The summed E-state index contributed by atoms with van der Waals surface area (Å²) in [6.07, 6.45) is 4.99. The maximum Gasteiger partial charge on any atom is 0.230 e. The molecule has 5 nitrogen and oxygen atoms in total. The molecule has 94 valence electrons. The van der Waals surface area contributed by atoms with Gasteiger partial charge in [-0.1, -0.05) is 6.92 Å². The van der Waals surface area contributed by atoms with Gasteiger partial charge >= 0.3 is 0 Å². The van der Waals surface area contributed by atoms with Crippen molar-refractivity contribution in [1.29, 1.82) is 0 Å². The summed E-state index contributed by atoms with van der Waals surface area (Å²) in [7, 11) is 2.05. The van der Waals surface area contributed by atoms with E-state index < -0.39 is 0 Å². The van der Waals surface area contributed by atoms with Crippen molar-refractivity contribution in [3.63, 3.8) is 0 Å². The number of aryl methyl sites for hydroxylation is 1. The van der Waals surface area contributed by atoms with Gasteiger partial charge in [0, 0.05) is 13.1 Å². The van der Waals surface area contributed by atoms with Gasteiger partial charge in [-0.05, 0) is 38.5 Å². The minimum atomic E-state index is 0.309. The van der Waals surface area contributed by atoms with E-state index in [0.29, 0.717) is 23.8 Å². The minimum absolute atomic E-state index is 0.309. The first kappa shape index (κ1) is 12.1. The molecule has 1 aromatic rings. The van der Waals surface area contributed by atoms with Crippen LogP contribution in [-0.4, -0.2) is 28.0 Å². The predicted octanol–water partition coefficient (Wildman–Crippen LogP) is 1.78. The van der Waals surface area contributed by atoms with Gasteiger partial charge in [-0.15, -0.1) is 0 Å². The van der Waals surface area contributed by atoms with E-state index in [4.69, 9.17) is 5.73 Å². The topological polar surface area (TPSA) is 67.9 Å². The van der Waals surface area contributed by atoms with Crippen LogP contribution in [0.3, 0.4) is 0 Å². The molecule has 1 heterocycles. The van der Waals surface area contributed by atoms with Crippen LogP contribution in [0.15, 0.2) is 0 Å². The fraction of sp³-hybridized carbons (Fsp3) is 0.750. The lowest BCUT2D eigenvalue weighted by Crippen LogP contribution is -2.36. The van der Waals surface area contributed by atoms with Crippen LogP contribution in [0, 0.1) is 12.8 Å². The predicted molar refractivity (Wildman–Crippen MR) is 68.8 cm³/mol. The number of rotatable bonds is 2. The molecule has 0 atom stereocenters. The van der Waals surface area contributed by atoms with Crippen LogP contribution in [0.4, 0.5) is 11.9 Å². The third-order valence-corrected chi connectivity index (χ3v) is 3.60. The first-order valence-electron chi connectivity index (χ1n) is 6.27. The summed E-state index contributed by atoms with van der Waals surface area (Å²) >= 11 is 0. The van der Waals surface area contributed by atoms with Crippen LogP contribution in [0.1, 0.15) is 38.4 Å². The lowest BCUT2D eigenvalue weighted by atomic mass is 9.87. The third kappa shape index (κ3) is 2.84. The fourth-order valence-electron chi connectivity index (χ4n) is 2.44. The van der Waals surface area contributed by atoms with Gasteiger partial charge < -0.3 is 10.6 Å². The van der Waals surface area contributed by atoms with Crippen molar-refractivity contribution in [3.05, 3.63) is 5.82 Å². The van der Waals surface area contributed by atoms with Crippen LogP contribution in [-0.2, 0) is 0 Å². The fourth-order valence-corrected chi connectivity index (χ4v) is 2.44. The van der Waals surface area contributed by atoms with Crippen molar-refractivity contribution in [2.45, 2.75) is 45.6 Å². The summed E-state index contributed by atoms with van der Waals surface area (Å²) in [6.45, 7) is 4.17. The molecular weight excluding hydrogens is 214 g/mol. The van der Waals surface area contributed by atoms with Crippen molar-refractivity contribution < 1.29 is 0 Å². The summed E-state index contributed by atoms with van der Waals surface area (Å²) in [6, 6.07) is 0.535. The smallest absolute Gasteiger partial charge is 0.230 e. The zero-order chi connectivity index (χ0) is 12.4. The van der Waals surface area contributed by atoms with Crippen LogP contribution in [0.2, 0.25) is 0 Å². The molecule has 1 aliphatic rings. The average Bonchev–Trinajstić information content (AvgIpc) is 2.28. The Labute approximate surface area is 102 Å². The van der Waals surface area contributed by atoms with Gasteiger partial charge in [-0.3, -0.25) is 0 Å². The summed E-state index contributed by atoms with van der Waals surface area (Å²) in [4.78, 5) is 14.7.